The second-order valence-electron chi connectivity index (χ2n) is 8.50. The summed E-state index contributed by atoms with van der Waals surface area (Å²) in [6.45, 7) is 0. The van der Waals surface area contributed by atoms with E-state index in [1.54, 1.807) is 17.0 Å². The number of allylic oxidation sites excluding steroid dienone is 3. The number of hydrogen-bond donors (Lipinski definition) is 2. The summed E-state index contributed by atoms with van der Waals surface area (Å²) in [7, 11) is 0. The molecule has 2 aromatic carbocycles. The highest BCUT2D eigenvalue weighted by Crippen LogP contribution is 2.48. The quantitative estimate of drug-likeness (QED) is 0.352. The highest BCUT2D eigenvalue weighted by atomic mass is 79.9. The maximum absolute atomic E-state index is 13.8. The molecular formula is C26H20BrFN6O2S2. The number of aromatic nitrogens is 2. The first kappa shape index (κ1) is 26.1. The third kappa shape index (κ3) is 4.97. The van der Waals surface area contributed by atoms with Gasteiger partial charge in [0.15, 0.2) is 10.1 Å². The van der Waals surface area contributed by atoms with Gasteiger partial charge in [0, 0.05) is 22.2 Å². The Morgan fingerprint density at radius 1 is 1.24 bits per heavy atom. The number of nitrogens with two attached hydrogens (primary N) is 1. The predicted molar refractivity (Wildman–Crippen MR) is 148 cm³/mol. The molecule has 1 aliphatic heterocycles. The van der Waals surface area contributed by atoms with Crippen LogP contribution in [0.4, 0.5) is 15.2 Å². The van der Waals surface area contributed by atoms with Crippen LogP contribution >= 0.6 is 39.0 Å². The van der Waals surface area contributed by atoms with Crippen molar-refractivity contribution >= 4 is 61.5 Å². The fraction of sp³-hybridized carbons (Fsp3) is 0.192. The number of carbonyl (C=O) groups is 2. The summed E-state index contributed by atoms with van der Waals surface area (Å²) in [5.41, 5.74) is 9.00. The number of anilines is 2. The van der Waals surface area contributed by atoms with E-state index in [1.807, 2.05) is 24.3 Å². The van der Waals surface area contributed by atoms with E-state index in [-0.39, 0.29) is 34.5 Å². The first-order valence-corrected chi connectivity index (χ1v) is 14.2. The topological polar surface area (TPSA) is 125 Å². The predicted octanol–water partition coefficient (Wildman–Crippen LogP) is 5.48. The summed E-state index contributed by atoms with van der Waals surface area (Å²) in [5.74, 6) is -1.32. The molecular weight excluding hydrogens is 591 g/mol. The Hall–Kier alpha value is -3.53. The third-order valence-corrected chi connectivity index (χ3v) is 8.96. The standard InChI is InChI=1S/C26H20BrFN6O2S2/c27-16-7-2-1-6-14(16)22-15(12-29)24(30)34(19-10-5-11-20(35)23(19)22)25-32-33-26(38-25)37-13-21(36)31-18-9-4-3-8-17(18)28/h1-4,6-9,22H,5,10-11,13,30H2,(H,31,36). The molecule has 1 atom stereocenters. The number of nitriles is 1. The number of carbonyl (C=O) groups excluding carboxylic acids is 2. The van der Waals surface area contributed by atoms with Gasteiger partial charge in [-0.3, -0.25) is 14.5 Å². The van der Waals surface area contributed by atoms with Gasteiger partial charge < -0.3 is 11.1 Å². The summed E-state index contributed by atoms with van der Waals surface area (Å²) in [6, 6.07) is 15.7. The van der Waals surface area contributed by atoms with Crippen LogP contribution in [0.15, 0.2) is 80.0 Å². The van der Waals surface area contributed by atoms with Gasteiger partial charge in [-0.2, -0.15) is 5.26 Å². The molecule has 0 saturated carbocycles. The lowest BCUT2D eigenvalue weighted by Crippen LogP contribution is -2.38. The van der Waals surface area contributed by atoms with Gasteiger partial charge in [0.25, 0.3) is 0 Å². The van der Waals surface area contributed by atoms with E-state index < -0.39 is 11.7 Å². The molecule has 0 saturated heterocycles. The summed E-state index contributed by atoms with van der Waals surface area (Å²) in [4.78, 5) is 27.2. The molecule has 0 radical (unpaired) electrons. The number of Topliss-reactive ketones (excluding diaryl/α,β-unsaturated/α-hetero) is 1. The molecule has 12 heteroatoms. The number of amides is 1. The Morgan fingerprint density at radius 3 is 2.76 bits per heavy atom. The number of halogens is 2. The maximum Gasteiger partial charge on any atom is 0.234 e. The van der Waals surface area contributed by atoms with Gasteiger partial charge in [0.1, 0.15) is 11.6 Å². The van der Waals surface area contributed by atoms with Crippen LogP contribution in [0.3, 0.4) is 0 Å². The Morgan fingerprint density at radius 2 is 2.00 bits per heavy atom. The number of rotatable bonds is 6. The zero-order chi connectivity index (χ0) is 26.8. The van der Waals surface area contributed by atoms with E-state index in [0.717, 1.165) is 21.8 Å². The molecule has 38 heavy (non-hydrogen) atoms. The number of nitrogens with zero attached hydrogens (tertiary/aromatic N) is 4. The van der Waals surface area contributed by atoms with Crippen molar-refractivity contribution in [3.8, 4) is 6.07 Å². The van der Waals surface area contributed by atoms with Crippen molar-refractivity contribution in [2.45, 2.75) is 29.5 Å². The molecule has 5 rings (SSSR count). The maximum atomic E-state index is 13.8. The van der Waals surface area contributed by atoms with Gasteiger partial charge in [0.05, 0.1) is 29.0 Å². The van der Waals surface area contributed by atoms with Crippen molar-refractivity contribution in [2.75, 3.05) is 16.0 Å². The normalized spacial score (nSPS) is 17.3. The smallest absolute Gasteiger partial charge is 0.234 e. The largest absolute Gasteiger partial charge is 0.384 e. The van der Waals surface area contributed by atoms with Gasteiger partial charge in [-0.05, 0) is 36.6 Å². The number of nitrogens with one attached hydrogen (secondary N) is 1. The van der Waals surface area contributed by atoms with Crippen molar-refractivity contribution < 1.29 is 14.0 Å². The van der Waals surface area contributed by atoms with Crippen molar-refractivity contribution in [2.24, 2.45) is 5.73 Å². The number of para-hydroxylation sites is 1. The highest BCUT2D eigenvalue weighted by molar-refractivity contribution is 9.10. The first-order valence-electron chi connectivity index (χ1n) is 11.6. The van der Waals surface area contributed by atoms with Crippen LogP contribution in [0.1, 0.15) is 30.7 Å². The lowest BCUT2D eigenvalue weighted by Gasteiger charge is -2.38. The molecule has 192 valence electrons. The van der Waals surface area contributed by atoms with Crippen LogP contribution in [-0.4, -0.2) is 27.6 Å². The fourth-order valence-corrected chi connectivity index (χ4v) is 6.75. The van der Waals surface area contributed by atoms with Crippen LogP contribution in [0.25, 0.3) is 0 Å². The SMILES string of the molecule is N#CC1=C(N)N(c2nnc(SCC(=O)Nc3ccccc3F)s2)C2=C(C(=O)CCC2)C1c1ccccc1Br. The van der Waals surface area contributed by atoms with Gasteiger partial charge in [0.2, 0.25) is 11.0 Å². The number of benzene rings is 2. The average Bonchev–Trinajstić information content (AvgIpc) is 3.37. The minimum atomic E-state index is -0.585. The van der Waals surface area contributed by atoms with E-state index in [4.69, 9.17) is 5.73 Å². The molecule has 1 unspecified atom stereocenters. The fourth-order valence-electron chi connectivity index (χ4n) is 4.55. The van der Waals surface area contributed by atoms with Crippen LogP contribution < -0.4 is 16.0 Å². The molecule has 3 aromatic rings. The molecule has 1 aromatic heterocycles. The van der Waals surface area contributed by atoms with Gasteiger partial charge in [-0.15, -0.1) is 10.2 Å². The highest BCUT2D eigenvalue weighted by Gasteiger charge is 2.41. The summed E-state index contributed by atoms with van der Waals surface area (Å²) < 4.78 is 15.1. The second-order valence-corrected chi connectivity index (χ2v) is 11.5. The molecule has 1 aliphatic carbocycles. The molecule has 0 bridgehead atoms. The van der Waals surface area contributed by atoms with Crippen LogP contribution in [0.2, 0.25) is 0 Å². The average molecular weight is 612 g/mol. The molecule has 8 nitrogen and oxygen atoms in total. The van der Waals surface area contributed by atoms with Crippen LogP contribution in [-0.2, 0) is 9.59 Å². The second kappa shape index (κ2) is 11.1. The first-order chi connectivity index (χ1) is 18.4. The van der Waals surface area contributed by atoms with E-state index in [1.165, 1.54) is 23.5 Å². The number of thioether (sulfide) groups is 1. The Balaban J connectivity index is 1.44. The number of ketones is 1. The lowest BCUT2D eigenvalue weighted by atomic mass is 9.76. The number of hydrogen-bond acceptors (Lipinski definition) is 9. The van der Waals surface area contributed by atoms with Gasteiger partial charge >= 0.3 is 0 Å². The summed E-state index contributed by atoms with van der Waals surface area (Å²) in [6.07, 6.45) is 1.64. The Labute approximate surface area is 234 Å². The zero-order valence-corrected chi connectivity index (χ0v) is 23.0. The minimum absolute atomic E-state index is 0.00568. The molecule has 0 spiro atoms. The van der Waals surface area contributed by atoms with Gasteiger partial charge in [-0.25, -0.2) is 4.39 Å². The van der Waals surface area contributed by atoms with Crippen molar-refractivity contribution in [3.05, 3.63) is 87.0 Å². The summed E-state index contributed by atoms with van der Waals surface area (Å²) >= 11 is 5.91. The van der Waals surface area contributed by atoms with E-state index >= 15 is 0 Å². The van der Waals surface area contributed by atoms with Crippen LogP contribution in [0.5, 0.6) is 0 Å². The lowest BCUT2D eigenvalue weighted by molar-refractivity contribution is -0.116. The zero-order valence-electron chi connectivity index (χ0n) is 19.8. The summed E-state index contributed by atoms with van der Waals surface area (Å²) in [5, 5.41) is 21.5. The molecule has 2 aliphatic rings. The van der Waals surface area contributed by atoms with E-state index in [9.17, 15) is 19.2 Å². The molecule has 3 N–H and O–H groups in total. The van der Waals surface area contributed by atoms with E-state index in [2.05, 4.69) is 37.5 Å². The Kier molecular flexibility index (Phi) is 7.60. The minimum Gasteiger partial charge on any atom is -0.384 e. The molecule has 2 heterocycles. The van der Waals surface area contributed by atoms with Crippen molar-refractivity contribution in [1.82, 2.24) is 10.2 Å². The molecule has 0 fully saturated rings. The monoisotopic (exact) mass is 610 g/mol. The van der Waals surface area contributed by atoms with E-state index in [0.29, 0.717) is 40.0 Å². The van der Waals surface area contributed by atoms with Gasteiger partial charge in [-0.1, -0.05) is 69.4 Å². The van der Waals surface area contributed by atoms with Crippen molar-refractivity contribution in [1.29, 1.82) is 5.26 Å². The van der Waals surface area contributed by atoms with Crippen LogP contribution in [0, 0.1) is 17.1 Å². The van der Waals surface area contributed by atoms with Crippen molar-refractivity contribution in [3.63, 3.8) is 0 Å². The Bertz CT molecular complexity index is 1550. The third-order valence-electron chi connectivity index (χ3n) is 6.19. The molecule has 1 amide bonds.